The number of alkyl halides is 1. The summed E-state index contributed by atoms with van der Waals surface area (Å²) < 4.78 is 13.6. The summed E-state index contributed by atoms with van der Waals surface area (Å²) in [6.45, 7) is 2.98. The van der Waals surface area contributed by atoms with Crippen molar-refractivity contribution in [1.82, 2.24) is 0 Å². The quantitative estimate of drug-likeness (QED) is 0.821. The Kier molecular flexibility index (Phi) is 2.32. The SMILES string of the molecule is CC(C)(F)c1ccc(C2(O)CC2)c(Cl)c1. The Bertz CT molecular complexity index is 391. The van der Waals surface area contributed by atoms with E-state index in [0.717, 1.165) is 18.4 Å². The van der Waals surface area contributed by atoms with Crippen LogP contribution in [0.2, 0.25) is 5.02 Å². The third kappa shape index (κ3) is 2.01. The molecule has 0 radical (unpaired) electrons. The van der Waals surface area contributed by atoms with Gasteiger partial charge in [0.25, 0.3) is 0 Å². The number of hydrogen-bond acceptors (Lipinski definition) is 1. The second kappa shape index (κ2) is 3.19. The second-order valence-corrected chi connectivity index (χ2v) is 5.11. The summed E-state index contributed by atoms with van der Waals surface area (Å²) in [7, 11) is 0. The van der Waals surface area contributed by atoms with Crippen molar-refractivity contribution in [2.75, 3.05) is 0 Å². The van der Waals surface area contributed by atoms with E-state index in [1.54, 1.807) is 18.2 Å². The number of halogens is 2. The third-order valence-electron chi connectivity index (χ3n) is 2.88. The summed E-state index contributed by atoms with van der Waals surface area (Å²) in [5.41, 5.74) is -0.887. The first-order valence-corrected chi connectivity index (χ1v) is 5.42. The van der Waals surface area contributed by atoms with E-state index >= 15 is 0 Å². The molecule has 1 fully saturated rings. The standard InChI is InChI=1S/C12H14ClFO/c1-11(2,14)8-3-4-9(10(13)7-8)12(15)5-6-12/h3-4,7,15H,5-6H2,1-2H3. The fourth-order valence-corrected chi connectivity index (χ4v) is 2.01. The first-order chi connectivity index (χ1) is 6.83. The van der Waals surface area contributed by atoms with Crippen molar-refractivity contribution < 1.29 is 9.50 Å². The molecule has 82 valence electrons. The van der Waals surface area contributed by atoms with E-state index in [1.807, 2.05) is 0 Å². The zero-order valence-electron chi connectivity index (χ0n) is 8.85. The van der Waals surface area contributed by atoms with Gasteiger partial charge in [-0.3, -0.25) is 0 Å². The van der Waals surface area contributed by atoms with Gasteiger partial charge in [0, 0.05) is 10.6 Å². The number of rotatable bonds is 2. The second-order valence-electron chi connectivity index (χ2n) is 4.70. The van der Waals surface area contributed by atoms with Gasteiger partial charge in [0.05, 0.1) is 5.60 Å². The molecule has 0 atom stereocenters. The van der Waals surface area contributed by atoms with Gasteiger partial charge in [-0.15, -0.1) is 0 Å². The summed E-state index contributed by atoms with van der Waals surface area (Å²) in [5.74, 6) is 0. The highest BCUT2D eigenvalue weighted by molar-refractivity contribution is 6.31. The number of aliphatic hydroxyl groups is 1. The number of benzene rings is 1. The maximum Gasteiger partial charge on any atom is 0.130 e. The average Bonchev–Trinajstić information content (AvgIpc) is 2.82. The van der Waals surface area contributed by atoms with Crippen LogP contribution in [0, 0.1) is 0 Å². The molecular weight excluding hydrogens is 215 g/mol. The fraction of sp³-hybridized carbons (Fsp3) is 0.500. The Morgan fingerprint density at radius 1 is 1.40 bits per heavy atom. The van der Waals surface area contributed by atoms with E-state index in [9.17, 15) is 9.50 Å². The molecule has 1 saturated carbocycles. The minimum absolute atomic E-state index is 0.457. The Morgan fingerprint density at radius 2 is 2.00 bits per heavy atom. The van der Waals surface area contributed by atoms with Gasteiger partial charge in [-0.05, 0) is 38.3 Å². The lowest BCUT2D eigenvalue weighted by atomic mass is 9.97. The summed E-state index contributed by atoms with van der Waals surface area (Å²) in [5, 5.41) is 10.4. The van der Waals surface area contributed by atoms with Gasteiger partial charge in [-0.2, -0.15) is 0 Å². The largest absolute Gasteiger partial charge is 0.385 e. The van der Waals surface area contributed by atoms with E-state index in [0.29, 0.717) is 10.6 Å². The molecule has 0 spiro atoms. The van der Waals surface area contributed by atoms with Gasteiger partial charge in [0.2, 0.25) is 0 Å². The molecule has 1 aromatic carbocycles. The zero-order valence-corrected chi connectivity index (χ0v) is 9.61. The van der Waals surface area contributed by atoms with Gasteiger partial charge in [-0.1, -0.05) is 23.7 Å². The van der Waals surface area contributed by atoms with Crippen LogP contribution >= 0.6 is 11.6 Å². The molecule has 0 heterocycles. The molecule has 0 bridgehead atoms. The molecule has 0 aliphatic heterocycles. The molecule has 15 heavy (non-hydrogen) atoms. The summed E-state index contributed by atoms with van der Waals surface area (Å²) in [6, 6.07) is 5.02. The molecule has 0 aromatic heterocycles. The monoisotopic (exact) mass is 228 g/mol. The normalized spacial score (nSPS) is 19.0. The highest BCUT2D eigenvalue weighted by Crippen LogP contribution is 2.48. The fourth-order valence-electron chi connectivity index (χ4n) is 1.65. The van der Waals surface area contributed by atoms with Crippen LogP contribution in [-0.4, -0.2) is 5.11 Å². The van der Waals surface area contributed by atoms with Crippen LogP contribution in [0.5, 0.6) is 0 Å². The lowest BCUT2D eigenvalue weighted by molar-refractivity contribution is 0.151. The molecule has 1 nitrogen and oxygen atoms in total. The van der Waals surface area contributed by atoms with Gasteiger partial charge in [0.15, 0.2) is 0 Å². The molecular formula is C12H14ClFO. The van der Waals surface area contributed by atoms with Crippen LogP contribution < -0.4 is 0 Å². The van der Waals surface area contributed by atoms with E-state index in [2.05, 4.69) is 0 Å². The lowest BCUT2D eigenvalue weighted by Gasteiger charge is -2.17. The molecule has 0 amide bonds. The first kappa shape index (κ1) is 10.9. The third-order valence-corrected chi connectivity index (χ3v) is 3.19. The van der Waals surface area contributed by atoms with Crippen molar-refractivity contribution in [1.29, 1.82) is 0 Å². The predicted octanol–water partition coefficient (Wildman–Crippen LogP) is 3.53. The molecule has 1 aromatic rings. The van der Waals surface area contributed by atoms with Crippen molar-refractivity contribution in [3.05, 3.63) is 34.3 Å². The van der Waals surface area contributed by atoms with Gasteiger partial charge < -0.3 is 5.11 Å². The molecule has 0 unspecified atom stereocenters. The average molecular weight is 229 g/mol. The van der Waals surface area contributed by atoms with Crippen LogP contribution in [-0.2, 0) is 11.3 Å². The Morgan fingerprint density at radius 3 is 2.40 bits per heavy atom. The molecule has 3 heteroatoms. The molecule has 1 aliphatic rings. The van der Waals surface area contributed by atoms with Crippen molar-refractivity contribution in [2.24, 2.45) is 0 Å². The Hall–Kier alpha value is -0.600. The molecule has 1 N–H and O–H groups in total. The van der Waals surface area contributed by atoms with Gasteiger partial charge in [-0.25, -0.2) is 4.39 Å². The summed E-state index contributed by atoms with van der Waals surface area (Å²) in [6.07, 6.45) is 1.48. The van der Waals surface area contributed by atoms with E-state index in [4.69, 9.17) is 11.6 Å². The Labute approximate surface area is 93.9 Å². The molecule has 0 saturated heterocycles. The maximum atomic E-state index is 13.6. The van der Waals surface area contributed by atoms with E-state index in [-0.39, 0.29) is 0 Å². The maximum absolute atomic E-state index is 13.6. The highest BCUT2D eigenvalue weighted by atomic mass is 35.5. The van der Waals surface area contributed by atoms with Crippen molar-refractivity contribution in [3.63, 3.8) is 0 Å². The van der Waals surface area contributed by atoms with Crippen molar-refractivity contribution in [2.45, 2.75) is 38.0 Å². The summed E-state index contributed by atoms with van der Waals surface area (Å²) >= 11 is 6.03. The topological polar surface area (TPSA) is 20.2 Å². The van der Waals surface area contributed by atoms with E-state index in [1.165, 1.54) is 13.8 Å². The van der Waals surface area contributed by atoms with Crippen LogP contribution in [0.3, 0.4) is 0 Å². The summed E-state index contributed by atoms with van der Waals surface area (Å²) in [4.78, 5) is 0. The minimum atomic E-state index is -1.39. The lowest BCUT2D eigenvalue weighted by Crippen LogP contribution is -2.11. The smallest absolute Gasteiger partial charge is 0.130 e. The Balaban J connectivity index is 2.40. The van der Waals surface area contributed by atoms with Gasteiger partial charge in [0.1, 0.15) is 5.67 Å². The number of hydrogen-bond donors (Lipinski definition) is 1. The van der Waals surface area contributed by atoms with E-state index < -0.39 is 11.3 Å². The van der Waals surface area contributed by atoms with Gasteiger partial charge >= 0.3 is 0 Å². The zero-order chi connectivity index (χ0) is 11.3. The highest BCUT2D eigenvalue weighted by Gasteiger charge is 2.43. The molecule has 2 rings (SSSR count). The predicted molar refractivity (Wildman–Crippen MR) is 58.7 cm³/mol. The molecule has 1 aliphatic carbocycles. The van der Waals surface area contributed by atoms with Crippen molar-refractivity contribution in [3.8, 4) is 0 Å². The van der Waals surface area contributed by atoms with Crippen LogP contribution in [0.15, 0.2) is 18.2 Å². The van der Waals surface area contributed by atoms with Crippen LogP contribution in [0.1, 0.15) is 37.8 Å². The van der Waals surface area contributed by atoms with Crippen LogP contribution in [0.25, 0.3) is 0 Å². The first-order valence-electron chi connectivity index (χ1n) is 5.05. The minimum Gasteiger partial charge on any atom is -0.385 e. The van der Waals surface area contributed by atoms with Crippen LogP contribution in [0.4, 0.5) is 4.39 Å². The van der Waals surface area contributed by atoms with Crippen molar-refractivity contribution >= 4 is 11.6 Å².